The molecule has 0 atom stereocenters. The van der Waals surface area contributed by atoms with Gasteiger partial charge < -0.3 is 14.8 Å². The standard InChI is InChI=1S/C22H17N3O3/c26-22(18-9-4-10-19-21(18)28-14-27-19)24-20-11-12-23-25(20)13-16-7-3-6-15-5-1-2-8-17(15)16/h1-12H,13-14H2,(H,24,26). The van der Waals surface area contributed by atoms with Crippen LogP contribution in [-0.4, -0.2) is 22.5 Å². The van der Waals surface area contributed by atoms with Crippen LogP contribution in [0.2, 0.25) is 0 Å². The summed E-state index contributed by atoms with van der Waals surface area (Å²) in [5.41, 5.74) is 1.57. The number of carbonyl (C=O) groups excluding carboxylic acids is 1. The Morgan fingerprint density at radius 2 is 1.86 bits per heavy atom. The third-order valence-corrected chi connectivity index (χ3v) is 4.80. The van der Waals surface area contributed by atoms with E-state index >= 15 is 0 Å². The summed E-state index contributed by atoms with van der Waals surface area (Å²) in [5.74, 6) is 1.41. The molecule has 1 amide bonds. The highest BCUT2D eigenvalue weighted by molar-refractivity contribution is 6.06. The number of aromatic nitrogens is 2. The van der Waals surface area contributed by atoms with E-state index in [2.05, 4.69) is 34.7 Å². The minimum atomic E-state index is -0.262. The normalized spacial score (nSPS) is 12.3. The number of amides is 1. The van der Waals surface area contributed by atoms with Crippen molar-refractivity contribution in [2.45, 2.75) is 6.54 Å². The first-order chi connectivity index (χ1) is 13.8. The Balaban J connectivity index is 1.42. The van der Waals surface area contributed by atoms with Crippen LogP contribution in [0, 0.1) is 0 Å². The maximum absolute atomic E-state index is 12.8. The number of para-hydroxylation sites is 1. The lowest BCUT2D eigenvalue weighted by atomic mass is 10.0. The molecule has 28 heavy (non-hydrogen) atoms. The highest BCUT2D eigenvalue weighted by Crippen LogP contribution is 2.35. The fourth-order valence-corrected chi connectivity index (χ4v) is 3.45. The van der Waals surface area contributed by atoms with Crippen molar-refractivity contribution in [2.75, 3.05) is 12.1 Å². The molecule has 4 aromatic rings. The Morgan fingerprint density at radius 3 is 2.82 bits per heavy atom. The number of rotatable bonds is 4. The Morgan fingerprint density at radius 1 is 1.00 bits per heavy atom. The van der Waals surface area contributed by atoms with Crippen LogP contribution in [0.1, 0.15) is 15.9 Å². The van der Waals surface area contributed by atoms with Crippen LogP contribution in [0.4, 0.5) is 5.82 Å². The summed E-state index contributed by atoms with van der Waals surface area (Å²) in [5, 5.41) is 9.66. The zero-order valence-electron chi connectivity index (χ0n) is 15.0. The first-order valence-electron chi connectivity index (χ1n) is 8.98. The Labute approximate surface area is 161 Å². The van der Waals surface area contributed by atoms with Crippen LogP contribution < -0.4 is 14.8 Å². The quantitative estimate of drug-likeness (QED) is 0.587. The van der Waals surface area contributed by atoms with Gasteiger partial charge in [0.15, 0.2) is 11.5 Å². The van der Waals surface area contributed by atoms with Crippen LogP contribution in [0.3, 0.4) is 0 Å². The smallest absolute Gasteiger partial charge is 0.260 e. The van der Waals surface area contributed by atoms with Gasteiger partial charge in [-0.2, -0.15) is 5.10 Å². The van der Waals surface area contributed by atoms with E-state index in [4.69, 9.17) is 9.47 Å². The lowest BCUT2D eigenvalue weighted by Gasteiger charge is -2.12. The van der Waals surface area contributed by atoms with E-state index in [9.17, 15) is 4.79 Å². The van der Waals surface area contributed by atoms with E-state index in [0.717, 1.165) is 5.56 Å². The first-order valence-corrected chi connectivity index (χ1v) is 8.98. The number of nitrogens with one attached hydrogen (secondary N) is 1. The molecule has 0 bridgehead atoms. The van der Waals surface area contributed by atoms with Crippen molar-refractivity contribution in [3.8, 4) is 11.5 Å². The Bertz CT molecular complexity index is 1180. The van der Waals surface area contributed by atoms with Crippen molar-refractivity contribution >= 4 is 22.5 Å². The number of fused-ring (bicyclic) bond motifs is 2. The molecule has 1 aromatic heterocycles. The lowest BCUT2D eigenvalue weighted by Crippen LogP contribution is -2.16. The molecule has 0 saturated heterocycles. The molecular weight excluding hydrogens is 354 g/mol. The van der Waals surface area contributed by atoms with Crippen LogP contribution >= 0.6 is 0 Å². The molecule has 1 aliphatic rings. The third kappa shape index (κ3) is 2.85. The molecule has 1 N–H and O–H groups in total. The number of carbonyl (C=O) groups is 1. The van der Waals surface area contributed by atoms with Crippen LogP contribution in [0.25, 0.3) is 10.8 Å². The maximum Gasteiger partial charge on any atom is 0.260 e. The number of hydrogen-bond donors (Lipinski definition) is 1. The van der Waals surface area contributed by atoms with E-state index in [1.807, 2.05) is 18.2 Å². The molecule has 138 valence electrons. The predicted octanol–water partition coefficient (Wildman–Crippen LogP) is 4.07. The third-order valence-electron chi connectivity index (χ3n) is 4.80. The first kappa shape index (κ1) is 16.4. The van der Waals surface area contributed by atoms with Crippen LogP contribution in [0.15, 0.2) is 72.9 Å². The van der Waals surface area contributed by atoms with Gasteiger partial charge in [0.05, 0.1) is 18.3 Å². The van der Waals surface area contributed by atoms with Crippen LogP contribution in [0.5, 0.6) is 11.5 Å². The minimum absolute atomic E-state index is 0.124. The number of nitrogens with zero attached hydrogens (tertiary/aromatic N) is 2. The summed E-state index contributed by atoms with van der Waals surface area (Å²) in [6.45, 7) is 0.676. The second-order valence-corrected chi connectivity index (χ2v) is 6.51. The molecule has 6 heteroatoms. The molecule has 0 spiro atoms. The van der Waals surface area contributed by atoms with E-state index in [1.165, 1.54) is 10.8 Å². The summed E-state index contributed by atoms with van der Waals surface area (Å²) >= 11 is 0. The van der Waals surface area contributed by atoms with Gasteiger partial charge in [0.25, 0.3) is 5.91 Å². The molecular formula is C22H17N3O3. The monoisotopic (exact) mass is 371 g/mol. The largest absolute Gasteiger partial charge is 0.454 e. The van der Waals surface area contributed by atoms with Gasteiger partial charge in [-0.05, 0) is 28.5 Å². The molecule has 0 radical (unpaired) electrons. The topological polar surface area (TPSA) is 65.4 Å². The summed E-state index contributed by atoms with van der Waals surface area (Å²) in [6.07, 6.45) is 1.68. The van der Waals surface area contributed by atoms with Gasteiger partial charge in [0, 0.05) is 6.07 Å². The fourth-order valence-electron chi connectivity index (χ4n) is 3.45. The number of ether oxygens (including phenoxy) is 2. The SMILES string of the molecule is O=C(Nc1ccnn1Cc1cccc2ccccc12)c1cccc2c1OCO2. The highest BCUT2D eigenvalue weighted by atomic mass is 16.7. The minimum Gasteiger partial charge on any atom is -0.454 e. The Kier molecular flexibility index (Phi) is 3.94. The van der Waals surface area contributed by atoms with Gasteiger partial charge in [-0.1, -0.05) is 48.5 Å². The molecule has 0 saturated carbocycles. The van der Waals surface area contributed by atoms with Gasteiger partial charge in [0.2, 0.25) is 6.79 Å². The van der Waals surface area contributed by atoms with E-state index in [-0.39, 0.29) is 12.7 Å². The molecule has 2 heterocycles. The van der Waals surface area contributed by atoms with Gasteiger partial charge in [-0.3, -0.25) is 4.79 Å². The van der Waals surface area contributed by atoms with E-state index in [1.54, 1.807) is 35.1 Å². The lowest BCUT2D eigenvalue weighted by molar-refractivity contribution is 0.102. The summed E-state index contributed by atoms with van der Waals surface area (Å²) in [7, 11) is 0. The average molecular weight is 371 g/mol. The predicted molar refractivity (Wildman–Crippen MR) is 106 cm³/mol. The second-order valence-electron chi connectivity index (χ2n) is 6.51. The Hall–Kier alpha value is -3.80. The summed E-state index contributed by atoms with van der Waals surface area (Å²) in [4.78, 5) is 12.8. The zero-order chi connectivity index (χ0) is 18.9. The van der Waals surface area contributed by atoms with Crippen molar-refractivity contribution in [2.24, 2.45) is 0 Å². The van der Waals surface area contributed by atoms with Gasteiger partial charge in [0.1, 0.15) is 5.82 Å². The van der Waals surface area contributed by atoms with Crippen molar-refractivity contribution < 1.29 is 14.3 Å². The van der Waals surface area contributed by atoms with E-state index in [0.29, 0.717) is 29.4 Å². The molecule has 5 rings (SSSR count). The molecule has 3 aromatic carbocycles. The number of anilines is 1. The van der Waals surface area contributed by atoms with Gasteiger partial charge in [-0.25, -0.2) is 4.68 Å². The van der Waals surface area contributed by atoms with Crippen molar-refractivity contribution in [3.05, 3.63) is 84.1 Å². The van der Waals surface area contributed by atoms with Crippen molar-refractivity contribution in [1.82, 2.24) is 9.78 Å². The highest BCUT2D eigenvalue weighted by Gasteiger charge is 2.22. The molecule has 0 fully saturated rings. The fraction of sp³-hybridized carbons (Fsp3) is 0.0909. The molecule has 0 aliphatic carbocycles. The van der Waals surface area contributed by atoms with Crippen molar-refractivity contribution in [1.29, 1.82) is 0 Å². The van der Waals surface area contributed by atoms with Crippen molar-refractivity contribution in [3.63, 3.8) is 0 Å². The number of hydrogen-bond acceptors (Lipinski definition) is 4. The van der Waals surface area contributed by atoms with Gasteiger partial charge >= 0.3 is 0 Å². The van der Waals surface area contributed by atoms with E-state index < -0.39 is 0 Å². The summed E-state index contributed by atoms with van der Waals surface area (Å²) in [6, 6.07) is 21.5. The zero-order valence-corrected chi connectivity index (χ0v) is 15.0. The maximum atomic E-state index is 12.8. The second kappa shape index (κ2) is 6.74. The molecule has 0 unspecified atom stereocenters. The summed E-state index contributed by atoms with van der Waals surface area (Å²) < 4.78 is 12.6. The number of benzene rings is 3. The van der Waals surface area contributed by atoms with Gasteiger partial charge in [-0.15, -0.1) is 0 Å². The van der Waals surface area contributed by atoms with Crippen LogP contribution in [-0.2, 0) is 6.54 Å². The average Bonchev–Trinajstić information content (AvgIpc) is 3.37. The molecule has 1 aliphatic heterocycles. The molecule has 6 nitrogen and oxygen atoms in total.